The Kier molecular flexibility index (Phi) is 4.67. The third-order valence-electron chi connectivity index (χ3n) is 4.08. The number of esters is 1. The number of fused-ring (bicyclic) bond motifs is 1. The quantitative estimate of drug-likeness (QED) is 0.699. The largest absolute Gasteiger partial charge is 0.508 e. The summed E-state index contributed by atoms with van der Waals surface area (Å²) in [5, 5.41) is 13.0. The zero-order valence-corrected chi connectivity index (χ0v) is 14.8. The molecule has 1 heterocycles. The molecule has 134 valence electrons. The van der Waals surface area contributed by atoms with E-state index in [1.165, 1.54) is 13.1 Å². The van der Waals surface area contributed by atoms with Crippen LogP contribution in [0.3, 0.4) is 0 Å². The van der Waals surface area contributed by atoms with Crippen molar-refractivity contribution in [2.45, 2.75) is 13.8 Å². The molecule has 0 spiro atoms. The first-order chi connectivity index (χ1) is 12.5. The molecule has 1 amide bonds. The van der Waals surface area contributed by atoms with Crippen LogP contribution in [0, 0.1) is 6.92 Å². The summed E-state index contributed by atoms with van der Waals surface area (Å²) in [5.74, 6) is -0.182. The highest BCUT2D eigenvalue weighted by molar-refractivity contribution is 6.11. The van der Waals surface area contributed by atoms with Crippen LogP contribution >= 0.6 is 0 Å². The molecule has 0 radical (unpaired) electrons. The Morgan fingerprint density at radius 1 is 1.23 bits per heavy atom. The number of aryl methyl sites for hydroxylation is 1. The molecule has 0 saturated carbocycles. The molecule has 0 atom stereocenters. The first-order valence-electron chi connectivity index (χ1n) is 8.22. The van der Waals surface area contributed by atoms with Crippen LogP contribution in [0.2, 0.25) is 0 Å². The lowest BCUT2D eigenvalue weighted by Gasteiger charge is -2.07. The number of phenols is 1. The highest BCUT2D eigenvalue weighted by atomic mass is 16.5. The Morgan fingerprint density at radius 3 is 2.65 bits per heavy atom. The van der Waals surface area contributed by atoms with Crippen LogP contribution in [0.25, 0.3) is 22.1 Å². The molecule has 0 unspecified atom stereocenters. The molecule has 0 fully saturated rings. The molecule has 0 saturated heterocycles. The third kappa shape index (κ3) is 3.01. The summed E-state index contributed by atoms with van der Waals surface area (Å²) in [6.45, 7) is 3.73. The summed E-state index contributed by atoms with van der Waals surface area (Å²) in [7, 11) is 1.51. The first kappa shape index (κ1) is 17.5. The van der Waals surface area contributed by atoms with Gasteiger partial charge in [0.2, 0.25) is 0 Å². The Morgan fingerprint density at radius 2 is 2.00 bits per heavy atom. The van der Waals surface area contributed by atoms with E-state index in [1.54, 1.807) is 38.1 Å². The maximum Gasteiger partial charge on any atom is 0.338 e. The fraction of sp³-hybridized carbons (Fsp3) is 0.200. The summed E-state index contributed by atoms with van der Waals surface area (Å²) in [5.41, 5.74) is 2.34. The lowest BCUT2D eigenvalue weighted by atomic mass is 9.98. The standard InChI is InChI=1S/C20H19NO5/c1-4-25-20(24)13-9-15-17(12-6-5-7-14(22)8-12)11(2)26-18(15)16(10-13)19(23)21-3/h5-10,22H,4H2,1-3H3,(H,21,23). The zero-order valence-electron chi connectivity index (χ0n) is 14.8. The molecule has 0 aliphatic rings. The molecular formula is C20H19NO5. The number of hydrogen-bond acceptors (Lipinski definition) is 5. The Hall–Kier alpha value is -3.28. The lowest BCUT2D eigenvalue weighted by Crippen LogP contribution is -2.19. The van der Waals surface area contributed by atoms with Gasteiger partial charge in [0.25, 0.3) is 5.91 Å². The van der Waals surface area contributed by atoms with Crippen LogP contribution in [0.4, 0.5) is 0 Å². The van der Waals surface area contributed by atoms with Crippen molar-refractivity contribution in [1.29, 1.82) is 0 Å². The van der Waals surface area contributed by atoms with Gasteiger partial charge in [-0.05, 0) is 43.7 Å². The fourth-order valence-electron chi connectivity index (χ4n) is 2.97. The monoisotopic (exact) mass is 353 g/mol. The van der Waals surface area contributed by atoms with Gasteiger partial charge in [-0.1, -0.05) is 12.1 Å². The van der Waals surface area contributed by atoms with E-state index in [0.29, 0.717) is 22.3 Å². The number of hydrogen-bond donors (Lipinski definition) is 2. The molecule has 0 aliphatic carbocycles. The number of aromatic hydroxyl groups is 1. The molecular weight excluding hydrogens is 334 g/mol. The molecule has 0 aliphatic heterocycles. The van der Waals surface area contributed by atoms with Crippen molar-refractivity contribution in [3.8, 4) is 16.9 Å². The Balaban J connectivity index is 2.33. The number of furan rings is 1. The fourth-order valence-corrected chi connectivity index (χ4v) is 2.97. The van der Waals surface area contributed by atoms with Crippen molar-refractivity contribution >= 4 is 22.8 Å². The van der Waals surface area contributed by atoms with Crippen LogP contribution in [0.5, 0.6) is 5.75 Å². The van der Waals surface area contributed by atoms with Crippen molar-refractivity contribution in [3.05, 3.63) is 53.3 Å². The van der Waals surface area contributed by atoms with Gasteiger partial charge >= 0.3 is 5.97 Å². The van der Waals surface area contributed by atoms with E-state index >= 15 is 0 Å². The van der Waals surface area contributed by atoms with Gasteiger partial charge in [-0.2, -0.15) is 0 Å². The number of amides is 1. The second kappa shape index (κ2) is 6.92. The van der Waals surface area contributed by atoms with E-state index in [4.69, 9.17) is 9.15 Å². The minimum atomic E-state index is -0.514. The van der Waals surface area contributed by atoms with E-state index in [9.17, 15) is 14.7 Å². The van der Waals surface area contributed by atoms with E-state index in [2.05, 4.69) is 5.32 Å². The van der Waals surface area contributed by atoms with Crippen LogP contribution in [0.1, 0.15) is 33.4 Å². The van der Waals surface area contributed by atoms with E-state index < -0.39 is 5.97 Å². The van der Waals surface area contributed by atoms with Crippen molar-refractivity contribution in [3.63, 3.8) is 0 Å². The van der Waals surface area contributed by atoms with Crippen LogP contribution in [-0.2, 0) is 4.74 Å². The van der Waals surface area contributed by atoms with Crippen LogP contribution < -0.4 is 5.32 Å². The zero-order chi connectivity index (χ0) is 18.8. The highest BCUT2D eigenvalue weighted by Gasteiger charge is 2.22. The molecule has 2 aromatic carbocycles. The number of nitrogens with one attached hydrogen (secondary N) is 1. The normalized spacial score (nSPS) is 10.7. The second-order valence-electron chi connectivity index (χ2n) is 5.78. The number of carbonyl (C=O) groups excluding carboxylic acids is 2. The molecule has 26 heavy (non-hydrogen) atoms. The molecule has 6 nitrogen and oxygen atoms in total. The topological polar surface area (TPSA) is 88.8 Å². The summed E-state index contributed by atoms with van der Waals surface area (Å²) >= 11 is 0. The van der Waals surface area contributed by atoms with Gasteiger partial charge in [-0.3, -0.25) is 4.79 Å². The highest BCUT2D eigenvalue weighted by Crippen LogP contribution is 2.38. The number of rotatable bonds is 4. The van der Waals surface area contributed by atoms with Crippen molar-refractivity contribution in [1.82, 2.24) is 5.32 Å². The minimum absolute atomic E-state index is 0.115. The number of phenolic OH excluding ortho intramolecular Hbond substituents is 1. The first-order valence-corrected chi connectivity index (χ1v) is 8.22. The summed E-state index contributed by atoms with van der Waals surface area (Å²) < 4.78 is 10.9. The van der Waals surface area contributed by atoms with Gasteiger partial charge in [-0.25, -0.2) is 4.79 Å². The SMILES string of the molecule is CCOC(=O)c1cc(C(=O)NC)c2oc(C)c(-c3cccc(O)c3)c2c1. The van der Waals surface area contributed by atoms with Gasteiger partial charge in [0, 0.05) is 18.0 Å². The average molecular weight is 353 g/mol. The predicted molar refractivity (Wildman–Crippen MR) is 97.4 cm³/mol. The lowest BCUT2D eigenvalue weighted by molar-refractivity contribution is 0.0526. The van der Waals surface area contributed by atoms with E-state index in [-0.39, 0.29) is 29.4 Å². The van der Waals surface area contributed by atoms with Crippen molar-refractivity contribution in [2.24, 2.45) is 0 Å². The van der Waals surface area contributed by atoms with E-state index in [1.807, 2.05) is 6.07 Å². The maximum atomic E-state index is 12.3. The number of carbonyl (C=O) groups is 2. The summed E-state index contributed by atoms with van der Waals surface area (Å²) in [4.78, 5) is 24.5. The third-order valence-corrected chi connectivity index (χ3v) is 4.08. The molecule has 3 aromatic rings. The molecule has 6 heteroatoms. The molecule has 3 rings (SSSR count). The number of ether oxygens (including phenoxy) is 1. The average Bonchev–Trinajstić information content (AvgIpc) is 2.96. The van der Waals surface area contributed by atoms with Crippen molar-refractivity contribution in [2.75, 3.05) is 13.7 Å². The smallest absolute Gasteiger partial charge is 0.338 e. The van der Waals surface area contributed by atoms with E-state index in [0.717, 1.165) is 5.56 Å². The van der Waals surface area contributed by atoms with Gasteiger partial charge in [0.05, 0.1) is 17.7 Å². The predicted octanol–water partition coefficient (Wildman–Crippen LogP) is 3.65. The van der Waals surface area contributed by atoms with Gasteiger partial charge in [0.1, 0.15) is 17.1 Å². The maximum absolute atomic E-state index is 12.3. The molecule has 2 N–H and O–H groups in total. The Labute approximate surface area is 150 Å². The van der Waals surface area contributed by atoms with Crippen LogP contribution in [0.15, 0.2) is 40.8 Å². The van der Waals surface area contributed by atoms with Crippen molar-refractivity contribution < 1.29 is 23.8 Å². The Bertz CT molecular complexity index is 1000. The molecule has 1 aromatic heterocycles. The van der Waals surface area contributed by atoms with Gasteiger partial charge < -0.3 is 19.6 Å². The second-order valence-corrected chi connectivity index (χ2v) is 5.78. The summed E-state index contributed by atoms with van der Waals surface area (Å²) in [6, 6.07) is 9.84. The number of benzene rings is 2. The minimum Gasteiger partial charge on any atom is -0.508 e. The van der Waals surface area contributed by atoms with Gasteiger partial charge in [0.15, 0.2) is 0 Å². The van der Waals surface area contributed by atoms with Gasteiger partial charge in [-0.15, -0.1) is 0 Å². The summed E-state index contributed by atoms with van der Waals surface area (Å²) in [6.07, 6.45) is 0. The van der Waals surface area contributed by atoms with Crippen LogP contribution in [-0.4, -0.2) is 30.6 Å². The molecule has 0 bridgehead atoms.